The highest BCUT2D eigenvalue weighted by Crippen LogP contribution is 2.42. The molecule has 0 unspecified atom stereocenters. The van der Waals surface area contributed by atoms with Crippen molar-refractivity contribution in [2.75, 3.05) is 18.0 Å². The maximum atomic E-state index is 13.3. The summed E-state index contributed by atoms with van der Waals surface area (Å²) in [6, 6.07) is 13.4. The van der Waals surface area contributed by atoms with E-state index >= 15 is 0 Å². The Hall–Kier alpha value is -3.47. The normalized spacial score (nSPS) is 17.9. The van der Waals surface area contributed by atoms with Crippen LogP contribution in [0.25, 0.3) is 17.2 Å². The predicted octanol–water partition coefficient (Wildman–Crippen LogP) is 7.33. The number of rotatable bonds is 5. The first kappa shape index (κ1) is 26.1. The molecule has 5 rings (SSSR count). The van der Waals surface area contributed by atoms with Gasteiger partial charge >= 0.3 is 5.97 Å². The van der Waals surface area contributed by atoms with Gasteiger partial charge in [-0.1, -0.05) is 55.8 Å². The minimum absolute atomic E-state index is 0.0240. The molecule has 1 saturated heterocycles. The SMILES string of the molecule is Cc1nc(C)c(-c2ccc3c(c2)CC/C(=C\c2ccc(F)cc2)C3)c(N2CCC(C)(C)CC2)c1CC(=O)O. The second kappa shape index (κ2) is 10.4. The zero-order valence-corrected chi connectivity index (χ0v) is 22.9. The summed E-state index contributed by atoms with van der Waals surface area (Å²) in [6.07, 6.45) is 7.11. The predicted molar refractivity (Wildman–Crippen MR) is 152 cm³/mol. The summed E-state index contributed by atoms with van der Waals surface area (Å²) in [5, 5.41) is 9.76. The summed E-state index contributed by atoms with van der Waals surface area (Å²) < 4.78 is 13.3. The van der Waals surface area contributed by atoms with E-state index in [1.807, 2.05) is 26.0 Å². The maximum absolute atomic E-state index is 13.3. The summed E-state index contributed by atoms with van der Waals surface area (Å²) >= 11 is 0. The number of aliphatic carboxylic acids is 1. The highest BCUT2D eigenvalue weighted by Gasteiger charge is 2.30. The molecule has 4 nitrogen and oxygen atoms in total. The number of fused-ring (bicyclic) bond motifs is 1. The monoisotopic (exact) mass is 512 g/mol. The Morgan fingerprint density at radius 2 is 1.74 bits per heavy atom. The number of pyridine rings is 1. The molecule has 0 spiro atoms. The molecule has 0 amide bonds. The van der Waals surface area contributed by atoms with Gasteiger partial charge in [-0.25, -0.2) is 4.39 Å². The van der Waals surface area contributed by atoms with Gasteiger partial charge in [0.2, 0.25) is 0 Å². The Bertz CT molecular complexity index is 1400. The minimum atomic E-state index is -0.825. The Labute approximate surface area is 225 Å². The van der Waals surface area contributed by atoms with Gasteiger partial charge in [0, 0.05) is 35.6 Å². The van der Waals surface area contributed by atoms with E-state index < -0.39 is 5.97 Å². The van der Waals surface area contributed by atoms with Crippen molar-refractivity contribution in [3.05, 3.63) is 87.5 Å². The van der Waals surface area contributed by atoms with Gasteiger partial charge in [-0.3, -0.25) is 9.78 Å². The lowest BCUT2D eigenvalue weighted by Gasteiger charge is -2.40. The van der Waals surface area contributed by atoms with Crippen molar-refractivity contribution in [2.24, 2.45) is 5.41 Å². The second-order valence-electron chi connectivity index (χ2n) is 11.7. The first-order chi connectivity index (χ1) is 18.1. The van der Waals surface area contributed by atoms with Crippen LogP contribution in [-0.2, 0) is 24.1 Å². The highest BCUT2D eigenvalue weighted by molar-refractivity contribution is 5.86. The molecule has 2 aliphatic rings. The lowest BCUT2D eigenvalue weighted by molar-refractivity contribution is -0.136. The molecule has 2 aromatic carbocycles. The average molecular weight is 513 g/mol. The van der Waals surface area contributed by atoms with Crippen molar-refractivity contribution in [1.82, 2.24) is 4.98 Å². The maximum Gasteiger partial charge on any atom is 0.307 e. The second-order valence-corrected chi connectivity index (χ2v) is 11.7. The molecule has 2 heterocycles. The molecule has 0 bridgehead atoms. The van der Waals surface area contributed by atoms with Gasteiger partial charge in [-0.05, 0) is 85.8 Å². The molecule has 0 saturated carbocycles. The van der Waals surface area contributed by atoms with Crippen LogP contribution < -0.4 is 4.90 Å². The van der Waals surface area contributed by atoms with E-state index in [2.05, 4.69) is 43.0 Å². The number of aryl methyl sites for hydroxylation is 3. The number of aromatic nitrogens is 1. The van der Waals surface area contributed by atoms with E-state index in [0.717, 1.165) is 84.5 Å². The molecule has 1 aromatic heterocycles. The fourth-order valence-corrected chi connectivity index (χ4v) is 5.99. The zero-order valence-electron chi connectivity index (χ0n) is 22.9. The van der Waals surface area contributed by atoms with Crippen LogP contribution in [0.5, 0.6) is 0 Å². The van der Waals surface area contributed by atoms with Crippen LogP contribution in [0.1, 0.15) is 66.8 Å². The van der Waals surface area contributed by atoms with E-state index in [0.29, 0.717) is 5.41 Å². The fraction of sp³-hybridized carbons (Fsp3) is 0.394. The van der Waals surface area contributed by atoms with Crippen LogP contribution in [0.2, 0.25) is 0 Å². The lowest BCUT2D eigenvalue weighted by Crippen LogP contribution is -2.38. The quantitative estimate of drug-likeness (QED) is 0.389. The number of carbonyl (C=O) groups is 1. The highest BCUT2D eigenvalue weighted by atomic mass is 19.1. The van der Waals surface area contributed by atoms with Gasteiger partial charge in [-0.2, -0.15) is 0 Å². The Kier molecular flexibility index (Phi) is 7.13. The van der Waals surface area contributed by atoms with Crippen LogP contribution >= 0.6 is 0 Å². The van der Waals surface area contributed by atoms with Crippen LogP contribution in [0, 0.1) is 25.1 Å². The number of nitrogens with zero attached hydrogens (tertiary/aromatic N) is 2. The molecule has 1 N–H and O–H groups in total. The van der Waals surface area contributed by atoms with Crippen molar-refractivity contribution < 1.29 is 14.3 Å². The molecule has 1 fully saturated rings. The topological polar surface area (TPSA) is 53.4 Å². The van der Waals surface area contributed by atoms with Crippen LogP contribution in [0.4, 0.5) is 10.1 Å². The summed E-state index contributed by atoms with van der Waals surface area (Å²) in [6.45, 7) is 10.4. The summed E-state index contributed by atoms with van der Waals surface area (Å²) in [7, 11) is 0. The van der Waals surface area contributed by atoms with Crippen molar-refractivity contribution >= 4 is 17.7 Å². The van der Waals surface area contributed by atoms with Gasteiger partial charge in [-0.15, -0.1) is 0 Å². The number of carboxylic acid groups (broad SMARTS) is 1. The van der Waals surface area contributed by atoms with E-state index in [9.17, 15) is 14.3 Å². The van der Waals surface area contributed by atoms with Crippen molar-refractivity contribution in [2.45, 2.75) is 66.2 Å². The van der Waals surface area contributed by atoms with Crippen molar-refractivity contribution in [3.8, 4) is 11.1 Å². The van der Waals surface area contributed by atoms with E-state index in [4.69, 9.17) is 4.98 Å². The first-order valence-electron chi connectivity index (χ1n) is 13.6. The Morgan fingerprint density at radius 3 is 2.42 bits per heavy atom. The molecule has 0 atom stereocenters. The summed E-state index contributed by atoms with van der Waals surface area (Å²) in [5.74, 6) is -1.04. The van der Waals surface area contributed by atoms with Gasteiger partial charge in [0.1, 0.15) is 5.82 Å². The van der Waals surface area contributed by atoms with E-state index in [1.54, 1.807) is 0 Å². The van der Waals surface area contributed by atoms with E-state index in [1.165, 1.54) is 28.8 Å². The molecule has 1 aliphatic carbocycles. The largest absolute Gasteiger partial charge is 0.481 e. The van der Waals surface area contributed by atoms with Gasteiger partial charge < -0.3 is 10.0 Å². The number of anilines is 1. The number of hydrogen-bond acceptors (Lipinski definition) is 3. The molecule has 0 radical (unpaired) electrons. The summed E-state index contributed by atoms with van der Waals surface area (Å²) in [4.78, 5) is 19.1. The van der Waals surface area contributed by atoms with Gasteiger partial charge in [0.15, 0.2) is 0 Å². The molecule has 5 heteroatoms. The number of hydrogen-bond donors (Lipinski definition) is 1. The third kappa shape index (κ3) is 5.52. The number of piperidine rings is 1. The van der Waals surface area contributed by atoms with Gasteiger partial charge in [0.25, 0.3) is 0 Å². The minimum Gasteiger partial charge on any atom is -0.481 e. The fourth-order valence-electron chi connectivity index (χ4n) is 5.99. The molecular weight excluding hydrogens is 475 g/mol. The molecule has 38 heavy (non-hydrogen) atoms. The Balaban J connectivity index is 1.53. The molecule has 3 aromatic rings. The van der Waals surface area contributed by atoms with Crippen LogP contribution in [0.3, 0.4) is 0 Å². The van der Waals surface area contributed by atoms with Gasteiger partial charge in [0.05, 0.1) is 12.1 Å². The van der Waals surface area contributed by atoms with Crippen LogP contribution in [-0.4, -0.2) is 29.1 Å². The van der Waals surface area contributed by atoms with Crippen molar-refractivity contribution in [1.29, 1.82) is 0 Å². The first-order valence-corrected chi connectivity index (χ1v) is 13.6. The average Bonchev–Trinajstić information content (AvgIpc) is 2.86. The molecular formula is C33H37FN2O2. The number of benzene rings is 2. The zero-order chi connectivity index (χ0) is 27.0. The summed E-state index contributed by atoms with van der Waals surface area (Å²) in [5.41, 5.74) is 11.2. The third-order valence-electron chi connectivity index (χ3n) is 8.29. The number of allylic oxidation sites excluding steroid dienone is 1. The Morgan fingerprint density at radius 1 is 1.03 bits per heavy atom. The molecule has 1 aliphatic heterocycles. The standard InChI is InChI=1S/C33H37FN2O2/c1-21-29(20-30(37)38)32(36-15-13-33(3,4)14-16-36)31(22(2)35-21)27-10-9-25-18-24(5-8-26(25)19-27)17-23-6-11-28(34)12-7-23/h6-7,9-12,17,19H,5,8,13-16,18,20H2,1-4H3,(H,37,38)/b24-17+. The lowest BCUT2D eigenvalue weighted by atomic mass is 9.81. The third-order valence-corrected chi connectivity index (χ3v) is 8.29. The number of carboxylic acids is 1. The van der Waals surface area contributed by atoms with E-state index in [-0.39, 0.29) is 12.2 Å². The smallest absolute Gasteiger partial charge is 0.307 e. The number of halogens is 1. The van der Waals surface area contributed by atoms with Crippen LogP contribution in [0.15, 0.2) is 48.0 Å². The van der Waals surface area contributed by atoms with Crippen molar-refractivity contribution in [3.63, 3.8) is 0 Å². The molecule has 198 valence electrons.